The summed E-state index contributed by atoms with van der Waals surface area (Å²) in [6.07, 6.45) is -4.27. The first-order valence-corrected chi connectivity index (χ1v) is 20.6. The minimum atomic E-state index is -3.06. The third kappa shape index (κ3) is 8.98. The van der Waals surface area contributed by atoms with E-state index in [1.54, 1.807) is 52.2 Å². The van der Waals surface area contributed by atoms with Gasteiger partial charge in [-0.05, 0) is 62.8 Å². The fourth-order valence-electron chi connectivity index (χ4n) is 8.35. The third-order valence-corrected chi connectivity index (χ3v) is 11.4. The predicted octanol–water partition coefficient (Wildman–Crippen LogP) is 8.58. The minimum absolute atomic E-state index is 0.0446. The van der Waals surface area contributed by atoms with Crippen molar-refractivity contribution in [3.05, 3.63) is 81.7 Å². The van der Waals surface area contributed by atoms with Crippen LogP contribution < -0.4 is 30.7 Å². The average Bonchev–Trinajstić information content (AvgIpc) is 3.79. The number of aromatic nitrogens is 4. The lowest BCUT2D eigenvalue weighted by Gasteiger charge is -2.32. The van der Waals surface area contributed by atoms with Crippen molar-refractivity contribution in [2.24, 2.45) is 0 Å². The Balaban J connectivity index is 1.06. The van der Waals surface area contributed by atoms with E-state index in [4.69, 9.17) is 14.3 Å². The summed E-state index contributed by atoms with van der Waals surface area (Å²) in [5.74, 6) is 0.376. The Labute approximate surface area is 359 Å². The number of nitrogens with one attached hydrogen (secondary N) is 4. The summed E-state index contributed by atoms with van der Waals surface area (Å²) in [5.41, 5.74) is 3.47. The number of allylic oxidation sites excluding steroid dienone is 2. The van der Waals surface area contributed by atoms with E-state index in [0.717, 1.165) is 9.96 Å². The molecule has 8 rings (SSSR count). The molecule has 2 aromatic carbocycles. The molecule has 0 saturated carbocycles. The van der Waals surface area contributed by atoms with E-state index in [9.17, 15) is 22.4 Å². The molecule has 63 heavy (non-hydrogen) atoms. The molecular formula is C43H46F6N10O4. The van der Waals surface area contributed by atoms with Gasteiger partial charge in [0, 0.05) is 68.1 Å². The Bertz CT molecular complexity index is 2470. The van der Waals surface area contributed by atoms with Crippen molar-refractivity contribution in [2.45, 2.75) is 77.3 Å². The molecule has 0 bridgehead atoms. The number of benzene rings is 2. The standard InChI is InChI=1S/C43H46F6N10O4/c1-21-17-31(50-3)56-41(52-21)54-27-19-25-11-15-61-37(25)33(35(27)44)23-5-7-29(39(46)47)58(13-9-23)43(60)63-59-14-10-24(6-8-30(59)40(48)49)34-36(45)28(20-26-12-16-62-38(26)34)55-42-53-22(2)18-32(51-4)57-42/h9-10,17-20,29-30,39-40H,5-8,11-16H2,1-4H3,(H2,50,52,54,56)(H2,51,53,55,57). The molecule has 1 amide bonds. The number of aryl methyl sites for hydroxylation is 2. The summed E-state index contributed by atoms with van der Waals surface area (Å²) in [5, 5.41) is 12.5. The predicted molar refractivity (Wildman–Crippen MR) is 224 cm³/mol. The topological polar surface area (TPSA) is 151 Å². The largest absolute Gasteiger partial charge is 0.492 e. The summed E-state index contributed by atoms with van der Waals surface area (Å²) in [7, 11) is 3.37. The van der Waals surface area contributed by atoms with Crippen LogP contribution in [0.5, 0.6) is 11.5 Å². The van der Waals surface area contributed by atoms with Gasteiger partial charge < -0.3 is 35.6 Å². The Morgan fingerprint density at radius 3 is 1.65 bits per heavy atom. The van der Waals surface area contributed by atoms with E-state index in [-0.39, 0.29) is 84.8 Å². The molecule has 6 heterocycles. The molecule has 0 spiro atoms. The molecule has 2 aromatic heterocycles. The Hall–Kier alpha value is -6.31. The zero-order valence-electron chi connectivity index (χ0n) is 34.9. The maximum Gasteiger partial charge on any atom is 0.429 e. The molecular weight excluding hydrogens is 835 g/mol. The summed E-state index contributed by atoms with van der Waals surface area (Å²) in [6, 6.07) is 3.25. The number of amides is 1. The number of carbonyl (C=O) groups is 1. The van der Waals surface area contributed by atoms with Crippen LogP contribution in [-0.2, 0) is 17.7 Å². The Kier molecular flexibility index (Phi) is 12.5. The number of carbonyl (C=O) groups excluding carboxylic acids is 1. The van der Waals surface area contributed by atoms with Crippen LogP contribution in [0.25, 0.3) is 11.1 Å². The first kappa shape index (κ1) is 43.3. The number of fused-ring (bicyclic) bond motifs is 2. The molecule has 20 heteroatoms. The highest BCUT2D eigenvalue weighted by Crippen LogP contribution is 2.45. The van der Waals surface area contributed by atoms with Gasteiger partial charge in [0.25, 0.3) is 12.9 Å². The summed E-state index contributed by atoms with van der Waals surface area (Å²) in [6.45, 7) is 3.19. The van der Waals surface area contributed by atoms with E-state index in [1.807, 2.05) is 0 Å². The highest BCUT2D eigenvalue weighted by Gasteiger charge is 2.39. The molecule has 0 fully saturated rings. The Morgan fingerprint density at radius 1 is 0.698 bits per heavy atom. The maximum atomic E-state index is 16.6. The van der Waals surface area contributed by atoms with Crippen molar-refractivity contribution in [1.82, 2.24) is 29.9 Å². The van der Waals surface area contributed by atoms with Crippen molar-refractivity contribution in [3.63, 3.8) is 0 Å². The summed E-state index contributed by atoms with van der Waals surface area (Å²) in [4.78, 5) is 37.7. The van der Waals surface area contributed by atoms with Gasteiger partial charge in [-0.1, -0.05) is 12.2 Å². The maximum absolute atomic E-state index is 16.6. The second-order valence-electron chi connectivity index (χ2n) is 15.5. The van der Waals surface area contributed by atoms with Crippen molar-refractivity contribution in [2.75, 3.05) is 61.7 Å². The molecule has 2 unspecified atom stereocenters. The van der Waals surface area contributed by atoms with Crippen molar-refractivity contribution in [3.8, 4) is 11.5 Å². The first-order valence-electron chi connectivity index (χ1n) is 20.6. The zero-order valence-corrected chi connectivity index (χ0v) is 34.9. The highest BCUT2D eigenvalue weighted by molar-refractivity contribution is 5.80. The number of nitrogens with zero attached hydrogens (tertiary/aromatic N) is 6. The van der Waals surface area contributed by atoms with Crippen LogP contribution in [0.3, 0.4) is 0 Å². The molecule has 334 valence electrons. The first-order chi connectivity index (χ1) is 30.3. The van der Waals surface area contributed by atoms with Crippen LogP contribution in [0.15, 0.2) is 36.4 Å². The fraction of sp³-hybridized carbons (Fsp3) is 0.419. The molecule has 0 aliphatic carbocycles. The van der Waals surface area contributed by atoms with E-state index in [0.29, 0.717) is 58.1 Å². The van der Waals surface area contributed by atoms with E-state index >= 15 is 8.78 Å². The zero-order chi connectivity index (χ0) is 44.5. The van der Waals surface area contributed by atoms with Crippen molar-refractivity contribution < 1.29 is 45.4 Å². The van der Waals surface area contributed by atoms with Gasteiger partial charge in [-0.2, -0.15) is 9.97 Å². The second kappa shape index (κ2) is 18.2. The highest BCUT2D eigenvalue weighted by atomic mass is 19.3. The molecule has 14 nitrogen and oxygen atoms in total. The number of hydroxylamine groups is 2. The summed E-state index contributed by atoms with van der Waals surface area (Å²) < 4.78 is 104. The van der Waals surface area contributed by atoms with E-state index < -0.39 is 55.8 Å². The normalized spacial score (nSPS) is 18.7. The molecule has 4 aromatic rings. The van der Waals surface area contributed by atoms with Gasteiger partial charge >= 0.3 is 6.09 Å². The van der Waals surface area contributed by atoms with Crippen molar-refractivity contribution in [1.29, 1.82) is 0 Å². The number of rotatable bonds is 11. The Morgan fingerprint density at radius 2 is 1.17 bits per heavy atom. The van der Waals surface area contributed by atoms with Gasteiger partial charge in [0.2, 0.25) is 11.9 Å². The quantitative estimate of drug-likeness (QED) is 0.107. The van der Waals surface area contributed by atoms with Gasteiger partial charge in [-0.15, -0.1) is 5.06 Å². The third-order valence-electron chi connectivity index (χ3n) is 11.4. The minimum Gasteiger partial charge on any atom is -0.492 e. The number of anilines is 6. The lowest BCUT2D eigenvalue weighted by Crippen LogP contribution is -2.49. The molecule has 4 N–H and O–H groups in total. The average molecular weight is 881 g/mol. The van der Waals surface area contributed by atoms with E-state index in [1.165, 1.54) is 12.2 Å². The van der Waals surface area contributed by atoms with Crippen LogP contribution >= 0.6 is 0 Å². The van der Waals surface area contributed by atoms with Gasteiger partial charge in [0.1, 0.15) is 29.2 Å². The van der Waals surface area contributed by atoms with Crippen LogP contribution in [0.2, 0.25) is 0 Å². The molecule has 0 radical (unpaired) electrons. The molecule has 4 aliphatic rings. The molecule has 4 aliphatic heterocycles. The SMILES string of the molecule is CNc1cc(C)nc(Nc2cc3c(c(C4=CCN(OC(=O)N5CC=C(c6c(F)c(Nc7nc(C)cc(NC)n7)cc7c6OCC7)CCC5C(F)F)C(C(F)F)CC4)c2F)OCC3)n1. The van der Waals surface area contributed by atoms with Crippen LogP contribution in [0, 0.1) is 25.5 Å². The number of halogens is 6. The van der Waals surface area contributed by atoms with Gasteiger partial charge in [-0.3, -0.25) is 4.90 Å². The van der Waals surface area contributed by atoms with Gasteiger partial charge in [0.05, 0.1) is 48.3 Å². The molecule has 0 saturated heterocycles. The van der Waals surface area contributed by atoms with Crippen LogP contribution in [0.4, 0.5) is 66.0 Å². The van der Waals surface area contributed by atoms with E-state index in [2.05, 4.69) is 41.2 Å². The van der Waals surface area contributed by atoms with Gasteiger partial charge in [-0.25, -0.2) is 41.1 Å². The van der Waals surface area contributed by atoms with Gasteiger partial charge in [0.15, 0.2) is 11.6 Å². The smallest absolute Gasteiger partial charge is 0.429 e. The number of ether oxygens (including phenoxy) is 2. The number of hydrogen-bond donors (Lipinski definition) is 4. The summed E-state index contributed by atoms with van der Waals surface area (Å²) >= 11 is 0. The number of alkyl halides is 4. The van der Waals surface area contributed by atoms with Crippen LogP contribution in [-0.4, -0.2) is 101 Å². The lowest BCUT2D eigenvalue weighted by atomic mass is 9.95. The second-order valence-corrected chi connectivity index (χ2v) is 15.5. The number of hydrogen-bond acceptors (Lipinski definition) is 13. The van der Waals surface area contributed by atoms with Crippen LogP contribution in [0.1, 0.15) is 59.3 Å². The lowest BCUT2D eigenvalue weighted by molar-refractivity contribution is -0.168. The fourth-order valence-corrected chi connectivity index (χ4v) is 8.35. The van der Waals surface area contributed by atoms with Crippen molar-refractivity contribution >= 4 is 52.1 Å². The molecule has 2 atom stereocenters. The monoisotopic (exact) mass is 880 g/mol.